The lowest BCUT2D eigenvalue weighted by atomic mass is 10.2. The minimum Gasteiger partial charge on any atom is -0.480 e. The highest BCUT2D eigenvalue weighted by Crippen LogP contribution is 2.05. The van der Waals surface area contributed by atoms with E-state index in [0.29, 0.717) is 18.7 Å². The number of nitrogens with zero attached hydrogens (tertiary/aromatic N) is 2. The molecular weight excluding hydrogens is 278 g/mol. The third-order valence-electron chi connectivity index (χ3n) is 2.97. The van der Waals surface area contributed by atoms with Crippen LogP contribution in [0.4, 0.5) is 4.79 Å². The highest BCUT2D eigenvalue weighted by atomic mass is 32.2. The molecule has 6 nitrogen and oxygen atoms in total. The smallest absolute Gasteiger partial charge is 0.326 e. The standard InChI is InChI=1S/C13H27N3O3S/c1-6-16(10(2)9-15(3)4)13(19)14-11(12(17)18)7-8-20-5/h10-11H,6-9H2,1-5H3,(H,14,19)(H,17,18)/t10?,11-/m1/s1. The van der Waals surface area contributed by atoms with Crippen molar-refractivity contribution >= 4 is 23.8 Å². The van der Waals surface area contributed by atoms with E-state index in [9.17, 15) is 9.59 Å². The molecule has 0 aliphatic rings. The number of hydrogen-bond donors (Lipinski definition) is 2. The second kappa shape index (κ2) is 9.88. The van der Waals surface area contributed by atoms with E-state index in [0.717, 1.165) is 6.54 Å². The Hall–Kier alpha value is -0.950. The molecule has 0 aliphatic heterocycles. The fraction of sp³-hybridized carbons (Fsp3) is 0.846. The Morgan fingerprint density at radius 3 is 2.35 bits per heavy atom. The van der Waals surface area contributed by atoms with Gasteiger partial charge in [-0.3, -0.25) is 0 Å². The quantitative estimate of drug-likeness (QED) is 0.669. The summed E-state index contributed by atoms with van der Waals surface area (Å²) in [6.07, 6.45) is 2.35. The normalized spacial score (nSPS) is 13.9. The van der Waals surface area contributed by atoms with Crippen molar-refractivity contribution in [1.29, 1.82) is 0 Å². The maximum Gasteiger partial charge on any atom is 0.326 e. The predicted octanol–water partition coefficient (Wildman–Crippen LogP) is 1.17. The SMILES string of the molecule is CCN(C(=O)N[C@H](CCSC)C(=O)O)C(C)CN(C)C. The van der Waals surface area contributed by atoms with E-state index in [-0.39, 0.29) is 12.1 Å². The van der Waals surface area contributed by atoms with Crippen LogP contribution in [0.5, 0.6) is 0 Å². The molecule has 2 N–H and O–H groups in total. The van der Waals surface area contributed by atoms with Gasteiger partial charge in [-0.25, -0.2) is 9.59 Å². The van der Waals surface area contributed by atoms with Crippen LogP contribution in [0, 0.1) is 0 Å². The number of carbonyl (C=O) groups excluding carboxylic acids is 1. The molecule has 2 atom stereocenters. The molecule has 20 heavy (non-hydrogen) atoms. The molecule has 0 aliphatic carbocycles. The van der Waals surface area contributed by atoms with Crippen LogP contribution in [0.3, 0.4) is 0 Å². The molecule has 0 heterocycles. The summed E-state index contributed by atoms with van der Waals surface area (Å²) in [6.45, 7) is 5.14. The van der Waals surface area contributed by atoms with Gasteiger partial charge in [0.2, 0.25) is 0 Å². The van der Waals surface area contributed by atoms with Crippen molar-refractivity contribution in [2.24, 2.45) is 0 Å². The van der Waals surface area contributed by atoms with E-state index in [1.807, 2.05) is 39.1 Å². The highest BCUT2D eigenvalue weighted by molar-refractivity contribution is 7.98. The van der Waals surface area contributed by atoms with Gasteiger partial charge in [-0.05, 0) is 46.4 Å². The summed E-state index contributed by atoms with van der Waals surface area (Å²) in [6, 6.07) is -1.10. The number of carbonyl (C=O) groups is 2. The molecule has 0 spiro atoms. The van der Waals surface area contributed by atoms with Crippen molar-refractivity contribution in [1.82, 2.24) is 15.1 Å². The average molecular weight is 305 g/mol. The number of thioether (sulfide) groups is 1. The van der Waals surface area contributed by atoms with Crippen molar-refractivity contribution < 1.29 is 14.7 Å². The maximum absolute atomic E-state index is 12.2. The number of carboxylic acid groups (broad SMARTS) is 1. The molecule has 0 rings (SSSR count). The largest absolute Gasteiger partial charge is 0.480 e. The fourth-order valence-corrected chi connectivity index (χ4v) is 2.48. The van der Waals surface area contributed by atoms with Crippen LogP contribution in [0.15, 0.2) is 0 Å². The first-order chi connectivity index (χ1) is 9.33. The van der Waals surface area contributed by atoms with Crippen molar-refractivity contribution in [3.63, 3.8) is 0 Å². The Labute approximate surface area is 125 Å². The number of aliphatic carboxylic acids is 1. The summed E-state index contributed by atoms with van der Waals surface area (Å²) in [5.41, 5.74) is 0. The Kier molecular flexibility index (Phi) is 9.41. The number of amides is 2. The monoisotopic (exact) mass is 305 g/mol. The Morgan fingerprint density at radius 2 is 1.95 bits per heavy atom. The van der Waals surface area contributed by atoms with Crippen LogP contribution in [-0.2, 0) is 4.79 Å². The summed E-state index contributed by atoms with van der Waals surface area (Å²) in [5.74, 6) is -0.278. The molecule has 0 saturated heterocycles. The predicted molar refractivity (Wildman–Crippen MR) is 83.4 cm³/mol. The summed E-state index contributed by atoms with van der Waals surface area (Å²) in [7, 11) is 3.89. The number of carboxylic acids is 1. The van der Waals surface area contributed by atoms with Crippen molar-refractivity contribution in [2.75, 3.05) is 39.2 Å². The van der Waals surface area contributed by atoms with E-state index in [1.54, 1.807) is 16.7 Å². The minimum atomic E-state index is -0.983. The third kappa shape index (κ3) is 7.00. The molecule has 0 fully saturated rings. The van der Waals surface area contributed by atoms with Gasteiger partial charge in [0.25, 0.3) is 0 Å². The molecular formula is C13H27N3O3S. The lowest BCUT2D eigenvalue weighted by Crippen LogP contribution is -2.52. The maximum atomic E-state index is 12.2. The lowest BCUT2D eigenvalue weighted by Gasteiger charge is -2.31. The number of nitrogens with one attached hydrogen (secondary N) is 1. The molecule has 0 radical (unpaired) electrons. The van der Waals surface area contributed by atoms with Gasteiger partial charge in [0.1, 0.15) is 6.04 Å². The molecule has 0 saturated carbocycles. The van der Waals surface area contributed by atoms with Gasteiger partial charge in [0, 0.05) is 19.1 Å². The minimum absolute atomic E-state index is 0.0324. The van der Waals surface area contributed by atoms with E-state index < -0.39 is 12.0 Å². The van der Waals surface area contributed by atoms with Gasteiger partial charge in [0.05, 0.1) is 0 Å². The van der Waals surface area contributed by atoms with Gasteiger partial charge in [-0.2, -0.15) is 11.8 Å². The number of hydrogen-bond acceptors (Lipinski definition) is 4. The van der Waals surface area contributed by atoms with Crippen molar-refractivity contribution in [3.05, 3.63) is 0 Å². The molecule has 0 aromatic heterocycles. The number of likely N-dealkylation sites (N-methyl/N-ethyl adjacent to an activating group) is 2. The highest BCUT2D eigenvalue weighted by Gasteiger charge is 2.24. The van der Waals surface area contributed by atoms with Crippen molar-refractivity contribution in [2.45, 2.75) is 32.4 Å². The molecule has 118 valence electrons. The van der Waals surface area contributed by atoms with Gasteiger partial charge >= 0.3 is 12.0 Å². The Morgan fingerprint density at radius 1 is 1.35 bits per heavy atom. The van der Waals surface area contributed by atoms with Crippen molar-refractivity contribution in [3.8, 4) is 0 Å². The van der Waals surface area contributed by atoms with Gasteiger partial charge < -0.3 is 20.2 Å². The molecule has 1 unspecified atom stereocenters. The topological polar surface area (TPSA) is 72.9 Å². The first-order valence-corrected chi connectivity index (χ1v) is 8.16. The summed E-state index contributed by atoms with van der Waals surface area (Å²) in [4.78, 5) is 27.0. The third-order valence-corrected chi connectivity index (χ3v) is 3.61. The first kappa shape index (κ1) is 19.1. The van der Waals surface area contributed by atoms with Crippen LogP contribution in [-0.4, -0.2) is 78.2 Å². The Balaban J connectivity index is 4.61. The first-order valence-electron chi connectivity index (χ1n) is 6.77. The van der Waals surface area contributed by atoms with Crippen LogP contribution >= 0.6 is 11.8 Å². The number of urea groups is 1. The average Bonchev–Trinajstić information content (AvgIpc) is 2.33. The number of rotatable bonds is 9. The van der Waals surface area contributed by atoms with Crippen LogP contribution < -0.4 is 5.32 Å². The van der Waals surface area contributed by atoms with Gasteiger partial charge in [0.15, 0.2) is 0 Å². The molecule has 0 bridgehead atoms. The Bertz CT molecular complexity index is 313. The zero-order valence-corrected chi connectivity index (χ0v) is 13.9. The van der Waals surface area contributed by atoms with Crippen LogP contribution in [0.1, 0.15) is 20.3 Å². The summed E-state index contributed by atoms with van der Waals surface area (Å²) < 4.78 is 0. The molecule has 7 heteroatoms. The van der Waals surface area contributed by atoms with Gasteiger partial charge in [-0.15, -0.1) is 0 Å². The summed E-state index contributed by atoms with van der Waals surface area (Å²) in [5, 5.41) is 11.7. The second-order valence-electron chi connectivity index (χ2n) is 5.02. The van der Waals surface area contributed by atoms with E-state index in [2.05, 4.69) is 5.32 Å². The molecule has 0 aromatic carbocycles. The lowest BCUT2D eigenvalue weighted by molar-refractivity contribution is -0.139. The fourth-order valence-electron chi connectivity index (χ4n) is 2.01. The van der Waals surface area contributed by atoms with E-state index in [1.165, 1.54) is 0 Å². The zero-order chi connectivity index (χ0) is 15.7. The summed E-state index contributed by atoms with van der Waals surface area (Å²) >= 11 is 1.57. The van der Waals surface area contributed by atoms with Crippen LogP contribution in [0.2, 0.25) is 0 Å². The zero-order valence-electron chi connectivity index (χ0n) is 13.0. The van der Waals surface area contributed by atoms with Gasteiger partial charge in [-0.1, -0.05) is 0 Å². The van der Waals surface area contributed by atoms with E-state index >= 15 is 0 Å². The van der Waals surface area contributed by atoms with Crippen LogP contribution in [0.25, 0.3) is 0 Å². The second-order valence-corrected chi connectivity index (χ2v) is 6.00. The van der Waals surface area contributed by atoms with E-state index in [4.69, 9.17) is 5.11 Å². The molecule has 0 aromatic rings. The molecule has 2 amide bonds.